The van der Waals surface area contributed by atoms with Gasteiger partial charge in [-0.1, -0.05) is 6.92 Å². The smallest absolute Gasteiger partial charge is 0.109 e. The monoisotopic (exact) mass is 238 g/mol. The Morgan fingerprint density at radius 1 is 1.47 bits per heavy atom. The Morgan fingerprint density at radius 2 is 2.24 bits per heavy atom. The first kappa shape index (κ1) is 14.2. The molecule has 4 heteroatoms. The third-order valence-corrected chi connectivity index (χ3v) is 3.43. The summed E-state index contributed by atoms with van der Waals surface area (Å²) < 4.78 is 2.08. The zero-order valence-electron chi connectivity index (χ0n) is 11.6. The van der Waals surface area contributed by atoms with E-state index in [0.717, 1.165) is 31.9 Å². The van der Waals surface area contributed by atoms with Crippen LogP contribution in [0.1, 0.15) is 26.1 Å². The summed E-state index contributed by atoms with van der Waals surface area (Å²) in [6, 6.07) is 0.673. The Balaban J connectivity index is 2.07. The Kier molecular flexibility index (Phi) is 6.22. The van der Waals surface area contributed by atoms with E-state index in [1.54, 1.807) is 0 Å². The molecule has 4 nitrogen and oxygen atoms in total. The second-order valence-corrected chi connectivity index (χ2v) is 4.69. The van der Waals surface area contributed by atoms with Gasteiger partial charge in [-0.05, 0) is 20.4 Å². The largest absolute Gasteiger partial charge is 0.338 e. The summed E-state index contributed by atoms with van der Waals surface area (Å²) in [4.78, 5) is 6.70. The van der Waals surface area contributed by atoms with Gasteiger partial charge in [0.15, 0.2) is 0 Å². The van der Waals surface area contributed by atoms with Crippen LogP contribution in [-0.4, -0.2) is 47.2 Å². The molecule has 0 aliphatic heterocycles. The van der Waals surface area contributed by atoms with Crippen molar-refractivity contribution < 1.29 is 0 Å². The molecule has 0 aliphatic carbocycles. The summed E-state index contributed by atoms with van der Waals surface area (Å²) in [6.07, 6.45) is 6.05. The van der Waals surface area contributed by atoms with Crippen LogP contribution in [0, 0.1) is 0 Å². The van der Waals surface area contributed by atoms with Gasteiger partial charge in [-0.3, -0.25) is 0 Å². The molecule has 1 heterocycles. The lowest BCUT2D eigenvalue weighted by Crippen LogP contribution is -2.35. The maximum absolute atomic E-state index is 4.30. The van der Waals surface area contributed by atoms with Gasteiger partial charge >= 0.3 is 0 Å². The number of aromatic nitrogens is 2. The normalized spacial score (nSPS) is 13.2. The van der Waals surface area contributed by atoms with Gasteiger partial charge in [0.2, 0.25) is 0 Å². The van der Waals surface area contributed by atoms with Crippen LogP contribution in [0.25, 0.3) is 0 Å². The minimum Gasteiger partial charge on any atom is -0.338 e. The van der Waals surface area contributed by atoms with Gasteiger partial charge in [-0.25, -0.2) is 4.98 Å². The van der Waals surface area contributed by atoms with E-state index in [-0.39, 0.29) is 0 Å². The third kappa shape index (κ3) is 4.88. The standard InChI is InChI=1S/C13H26N4/c1-5-12(2)16(3)10-8-14-7-6-13-15-9-11-17(13)4/h9,11-12,14H,5-8,10H2,1-4H3. The summed E-state index contributed by atoms with van der Waals surface area (Å²) in [5, 5.41) is 3.47. The number of hydrogen-bond acceptors (Lipinski definition) is 3. The summed E-state index contributed by atoms with van der Waals surface area (Å²) >= 11 is 0. The average molecular weight is 238 g/mol. The molecule has 0 fully saturated rings. The molecule has 1 aromatic rings. The first-order valence-electron chi connectivity index (χ1n) is 6.52. The lowest BCUT2D eigenvalue weighted by atomic mass is 10.2. The third-order valence-electron chi connectivity index (χ3n) is 3.43. The summed E-state index contributed by atoms with van der Waals surface area (Å²) in [7, 11) is 4.23. The van der Waals surface area contributed by atoms with Crippen molar-refractivity contribution >= 4 is 0 Å². The molecule has 0 amide bonds. The van der Waals surface area contributed by atoms with Crippen molar-refractivity contribution in [2.45, 2.75) is 32.7 Å². The fourth-order valence-corrected chi connectivity index (χ4v) is 1.75. The van der Waals surface area contributed by atoms with Crippen LogP contribution >= 0.6 is 0 Å². The van der Waals surface area contributed by atoms with E-state index in [1.807, 2.05) is 19.4 Å². The van der Waals surface area contributed by atoms with Crippen molar-refractivity contribution in [2.75, 3.05) is 26.7 Å². The molecule has 0 saturated heterocycles. The van der Waals surface area contributed by atoms with Crippen LogP contribution < -0.4 is 5.32 Å². The number of hydrogen-bond donors (Lipinski definition) is 1. The molecule has 0 aliphatic rings. The maximum atomic E-state index is 4.30. The first-order chi connectivity index (χ1) is 8.15. The molecule has 17 heavy (non-hydrogen) atoms. The molecule has 1 atom stereocenters. The molecular formula is C13H26N4. The quantitative estimate of drug-likeness (QED) is 0.693. The Labute approximate surface area is 105 Å². The summed E-state index contributed by atoms with van der Waals surface area (Å²) in [6.45, 7) is 7.66. The second kappa shape index (κ2) is 7.45. The molecule has 0 spiro atoms. The zero-order valence-corrected chi connectivity index (χ0v) is 11.6. The van der Waals surface area contributed by atoms with Crippen LogP contribution in [-0.2, 0) is 13.5 Å². The molecule has 0 saturated carbocycles. The second-order valence-electron chi connectivity index (χ2n) is 4.69. The fourth-order valence-electron chi connectivity index (χ4n) is 1.75. The lowest BCUT2D eigenvalue weighted by molar-refractivity contribution is 0.252. The van der Waals surface area contributed by atoms with Gasteiger partial charge in [0, 0.05) is 51.5 Å². The molecular weight excluding hydrogens is 212 g/mol. The Bertz CT molecular complexity index is 308. The van der Waals surface area contributed by atoms with E-state index in [2.05, 4.69) is 40.7 Å². The Morgan fingerprint density at radius 3 is 2.82 bits per heavy atom. The highest BCUT2D eigenvalue weighted by Crippen LogP contribution is 1.98. The van der Waals surface area contributed by atoms with Crippen molar-refractivity contribution in [1.82, 2.24) is 19.8 Å². The molecule has 98 valence electrons. The van der Waals surface area contributed by atoms with Gasteiger partial charge in [0.1, 0.15) is 5.82 Å². The molecule has 1 N–H and O–H groups in total. The summed E-state index contributed by atoms with van der Waals surface area (Å²) in [5.41, 5.74) is 0. The van der Waals surface area contributed by atoms with Gasteiger partial charge in [0.05, 0.1) is 0 Å². The van der Waals surface area contributed by atoms with Gasteiger partial charge in [0.25, 0.3) is 0 Å². The van der Waals surface area contributed by atoms with E-state index in [0.29, 0.717) is 6.04 Å². The fraction of sp³-hybridized carbons (Fsp3) is 0.769. The molecule has 1 rings (SSSR count). The number of aryl methyl sites for hydroxylation is 1. The number of likely N-dealkylation sites (N-methyl/N-ethyl adjacent to an activating group) is 1. The minimum absolute atomic E-state index is 0.673. The highest BCUT2D eigenvalue weighted by Gasteiger charge is 2.05. The number of nitrogens with one attached hydrogen (secondary N) is 1. The van der Waals surface area contributed by atoms with E-state index in [9.17, 15) is 0 Å². The highest BCUT2D eigenvalue weighted by atomic mass is 15.1. The van der Waals surface area contributed by atoms with Crippen LogP contribution in [0.2, 0.25) is 0 Å². The topological polar surface area (TPSA) is 33.1 Å². The van der Waals surface area contributed by atoms with Crippen molar-refractivity contribution in [3.63, 3.8) is 0 Å². The molecule has 0 radical (unpaired) electrons. The van der Waals surface area contributed by atoms with Gasteiger partial charge in [-0.2, -0.15) is 0 Å². The minimum atomic E-state index is 0.673. The van der Waals surface area contributed by atoms with E-state index < -0.39 is 0 Å². The molecule has 0 bridgehead atoms. The molecule has 1 unspecified atom stereocenters. The SMILES string of the molecule is CCC(C)N(C)CCNCCc1nccn1C. The van der Waals surface area contributed by atoms with E-state index in [1.165, 1.54) is 6.42 Å². The number of nitrogens with zero attached hydrogens (tertiary/aromatic N) is 3. The highest BCUT2D eigenvalue weighted by molar-refractivity contribution is 4.91. The number of rotatable bonds is 8. The van der Waals surface area contributed by atoms with E-state index in [4.69, 9.17) is 0 Å². The van der Waals surface area contributed by atoms with Gasteiger partial charge < -0.3 is 14.8 Å². The molecule has 1 aromatic heterocycles. The predicted octanol–water partition coefficient (Wildman–Crippen LogP) is 1.28. The summed E-state index contributed by atoms with van der Waals surface area (Å²) in [5.74, 6) is 1.15. The predicted molar refractivity (Wildman–Crippen MR) is 72.2 cm³/mol. The van der Waals surface area contributed by atoms with Crippen molar-refractivity contribution in [3.05, 3.63) is 18.2 Å². The average Bonchev–Trinajstić information content (AvgIpc) is 2.73. The van der Waals surface area contributed by atoms with Crippen LogP contribution in [0.5, 0.6) is 0 Å². The Hall–Kier alpha value is -0.870. The van der Waals surface area contributed by atoms with Crippen LogP contribution in [0.15, 0.2) is 12.4 Å². The van der Waals surface area contributed by atoms with Crippen molar-refractivity contribution in [1.29, 1.82) is 0 Å². The van der Waals surface area contributed by atoms with Gasteiger partial charge in [-0.15, -0.1) is 0 Å². The molecule has 0 aromatic carbocycles. The number of imidazole rings is 1. The van der Waals surface area contributed by atoms with E-state index >= 15 is 0 Å². The lowest BCUT2D eigenvalue weighted by Gasteiger charge is -2.23. The van der Waals surface area contributed by atoms with Crippen LogP contribution in [0.3, 0.4) is 0 Å². The maximum Gasteiger partial charge on any atom is 0.109 e. The first-order valence-corrected chi connectivity index (χ1v) is 6.52. The van der Waals surface area contributed by atoms with Crippen molar-refractivity contribution in [3.8, 4) is 0 Å². The zero-order chi connectivity index (χ0) is 12.7. The van der Waals surface area contributed by atoms with Crippen LogP contribution in [0.4, 0.5) is 0 Å². The van der Waals surface area contributed by atoms with Crippen molar-refractivity contribution in [2.24, 2.45) is 7.05 Å².